The second-order valence-corrected chi connectivity index (χ2v) is 6.95. The van der Waals surface area contributed by atoms with Gasteiger partial charge in [0.2, 0.25) is 0 Å². The van der Waals surface area contributed by atoms with E-state index in [0.29, 0.717) is 0 Å². The summed E-state index contributed by atoms with van der Waals surface area (Å²) in [6, 6.07) is 1.01. The predicted octanol–water partition coefficient (Wildman–Crippen LogP) is 4.98. The molecule has 0 aromatic carbocycles. The Hall–Kier alpha value is -0.123. The molecule has 19 heavy (non-hydrogen) atoms. The average Bonchev–Trinajstić information content (AvgIpc) is 2.41. The lowest BCUT2D eigenvalue weighted by Crippen LogP contribution is -2.21. The fourth-order valence-corrected chi connectivity index (χ4v) is 3.63. The Morgan fingerprint density at radius 2 is 1.32 bits per heavy atom. The standard InChI is InChI=1S/C16H34O2Si/c1-4-7-8-9-10-11-12-13-14-15-16-19(17-5-2)18-6-3/h14-15,19H,4-13,16H2,1-3H3. The molecule has 3 heteroatoms. The van der Waals surface area contributed by atoms with Crippen molar-refractivity contribution in [1.82, 2.24) is 0 Å². The van der Waals surface area contributed by atoms with Crippen molar-refractivity contribution in [1.29, 1.82) is 0 Å². The van der Waals surface area contributed by atoms with E-state index in [1.165, 1.54) is 51.4 Å². The van der Waals surface area contributed by atoms with Gasteiger partial charge in [0.05, 0.1) is 0 Å². The molecule has 0 bridgehead atoms. The van der Waals surface area contributed by atoms with Gasteiger partial charge in [-0.05, 0) is 26.7 Å². The highest BCUT2D eigenvalue weighted by Crippen LogP contribution is 2.09. The van der Waals surface area contributed by atoms with E-state index in [1.807, 2.05) is 13.8 Å². The first-order valence-electron chi connectivity index (χ1n) is 8.23. The van der Waals surface area contributed by atoms with Crippen LogP contribution in [0.3, 0.4) is 0 Å². The summed E-state index contributed by atoms with van der Waals surface area (Å²) < 4.78 is 11.3. The van der Waals surface area contributed by atoms with Crippen molar-refractivity contribution >= 4 is 9.28 Å². The van der Waals surface area contributed by atoms with Crippen LogP contribution in [-0.2, 0) is 8.85 Å². The molecule has 0 aromatic rings. The number of hydrogen-bond donors (Lipinski definition) is 0. The second-order valence-electron chi connectivity index (χ2n) is 4.96. The summed E-state index contributed by atoms with van der Waals surface area (Å²) in [4.78, 5) is 0. The molecule has 0 aliphatic rings. The van der Waals surface area contributed by atoms with Gasteiger partial charge in [-0.25, -0.2) is 0 Å². The van der Waals surface area contributed by atoms with E-state index in [0.717, 1.165) is 19.3 Å². The molecule has 0 saturated carbocycles. The highest BCUT2D eigenvalue weighted by molar-refractivity contribution is 6.45. The zero-order valence-electron chi connectivity index (χ0n) is 13.3. The monoisotopic (exact) mass is 286 g/mol. The topological polar surface area (TPSA) is 18.5 Å². The molecule has 0 aliphatic carbocycles. The predicted molar refractivity (Wildman–Crippen MR) is 87.0 cm³/mol. The minimum atomic E-state index is -1.40. The third-order valence-corrected chi connectivity index (χ3v) is 5.24. The van der Waals surface area contributed by atoms with Gasteiger partial charge in [0, 0.05) is 19.3 Å². The maximum atomic E-state index is 5.63. The fraction of sp³-hybridized carbons (Fsp3) is 0.875. The van der Waals surface area contributed by atoms with Crippen LogP contribution in [0.25, 0.3) is 0 Å². The highest BCUT2D eigenvalue weighted by atomic mass is 28.3. The van der Waals surface area contributed by atoms with Crippen molar-refractivity contribution in [3.8, 4) is 0 Å². The molecule has 0 amide bonds. The smallest absolute Gasteiger partial charge is 0.325 e. The molecule has 0 spiro atoms. The van der Waals surface area contributed by atoms with Gasteiger partial charge >= 0.3 is 9.28 Å². The minimum Gasteiger partial charge on any atom is -0.397 e. The molecular formula is C16H34O2Si. The van der Waals surface area contributed by atoms with E-state index in [9.17, 15) is 0 Å². The molecule has 0 rings (SSSR count). The Balaban J connectivity index is 3.36. The Kier molecular flexibility index (Phi) is 15.8. The van der Waals surface area contributed by atoms with Crippen molar-refractivity contribution in [2.45, 2.75) is 78.2 Å². The SMILES string of the molecule is CCCCCCCCCC=CC[SiH](OCC)OCC. The molecule has 0 fully saturated rings. The maximum Gasteiger partial charge on any atom is 0.325 e. The molecule has 0 heterocycles. The van der Waals surface area contributed by atoms with Gasteiger partial charge in [-0.3, -0.25) is 0 Å². The molecule has 0 N–H and O–H groups in total. The van der Waals surface area contributed by atoms with Crippen molar-refractivity contribution in [3.05, 3.63) is 12.2 Å². The molecule has 2 nitrogen and oxygen atoms in total. The summed E-state index contributed by atoms with van der Waals surface area (Å²) in [5, 5.41) is 0. The van der Waals surface area contributed by atoms with Gasteiger partial charge in [0.15, 0.2) is 0 Å². The van der Waals surface area contributed by atoms with E-state index < -0.39 is 9.28 Å². The minimum absolute atomic E-state index is 0.780. The number of rotatable bonds is 14. The van der Waals surface area contributed by atoms with Gasteiger partial charge < -0.3 is 8.85 Å². The van der Waals surface area contributed by atoms with Crippen LogP contribution in [0, 0.1) is 0 Å². The van der Waals surface area contributed by atoms with Crippen molar-refractivity contribution in [2.75, 3.05) is 13.2 Å². The molecule has 0 unspecified atom stereocenters. The van der Waals surface area contributed by atoms with Gasteiger partial charge in [-0.15, -0.1) is 0 Å². The summed E-state index contributed by atoms with van der Waals surface area (Å²) in [5.41, 5.74) is 0. The molecule has 0 atom stereocenters. The zero-order chi connectivity index (χ0) is 14.2. The summed E-state index contributed by atoms with van der Waals surface area (Å²) >= 11 is 0. The molecular weight excluding hydrogens is 252 g/mol. The van der Waals surface area contributed by atoms with Crippen molar-refractivity contribution < 1.29 is 8.85 Å². The lowest BCUT2D eigenvalue weighted by atomic mass is 10.1. The Labute approximate surface area is 122 Å². The van der Waals surface area contributed by atoms with Gasteiger partial charge in [-0.2, -0.15) is 0 Å². The van der Waals surface area contributed by atoms with E-state index in [1.54, 1.807) is 0 Å². The van der Waals surface area contributed by atoms with Crippen LogP contribution in [0.15, 0.2) is 12.2 Å². The quantitative estimate of drug-likeness (QED) is 0.255. The molecule has 114 valence electrons. The molecule has 0 aromatic heterocycles. The largest absolute Gasteiger partial charge is 0.397 e. The lowest BCUT2D eigenvalue weighted by molar-refractivity contribution is 0.216. The number of unbranched alkanes of at least 4 members (excludes halogenated alkanes) is 7. The highest BCUT2D eigenvalue weighted by Gasteiger charge is 2.08. The van der Waals surface area contributed by atoms with Crippen LogP contribution in [0.4, 0.5) is 0 Å². The van der Waals surface area contributed by atoms with Crippen LogP contribution in [0.2, 0.25) is 6.04 Å². The van der Waals surface area contributed by atoms with Crippen LogP contribution in [0.5, 0.6) is 0 Å². The zero-order valence-corrected chi connectivity index (χ0v) is 14.5. The maximum absolute atomic E-state index is 5.63. The van der Waals surface area contributed by atoms with Crippen LogP contribution in [0.1, 0.15) is 72.1 Å². The Morgan fingerprint density at radius 3 is 1.89 bits per heavy atom. The van der Waals surface area contributed by atoms with E-state index >= 15 is 0 Å². The first-order valence-corrected chi connectivity index (χ1v) is 9.99. The Bertz CT molecular complexity index is 189. The van der Waals surface area contributed by atoms with E-state index in [4.69, 9.17) is 8.85 Å². The Morgan fingerprint density at radius 1 is 0.737 bits per heavy atom. The number of hydrogen-bond acceptors (Lipinski definition) is 2. The van der Waals surface area contributed by atoms with Gasteiger partial charge in [-0.1, -0.05) is 57.6 Å². The first-order chi connectivity index (χ1) is 9.35. The summed E-state index contributed by atoms with van der Waals surface area (Å²) in [7, 11) is -1.40. The summed E-state index contributed by atoms with van der Waals surface area (Å²) in [6.45, 7) is 7.92. The van der Waals surface area contributed by atoms with Gasteiger partial charge in [0.1, 0.15) is 0 Å². The van der Waals surface area contributed by atoms with E-state index in [-0.39, 0.29) is 0 Å². The lowest BCUT2D eigenvalue weighted by Gasteiger charge is -2.12. The fourth-order valence-electron chi connectivity index (χ4n) is 2.10. The molecule has 0 saturated heterocycles. The van der Waals surface area contributed by atoms with Crippen LogP contribution >= 0.6 is 0 Å². The first kappa shape index (κ1) is 18.9. The summed E-state index contributed by atoms with van der Waals surface area (Å²) in [5.74, 6) is 0. The van der Waals surface area contributed by atoms with Crippen molar-refractivity contribution in [3.63, 3.8) is 0 Å². The van der Waals surface area contributed by atoms with E-state index in [2.05, 4.69) is 19.1 Å². The van der Waals surface area contributed by atoms with Crippen LogP contribution < -0.4 is 0 Å². The van der Waals surface area contributed by atoms with Gasteiger partial charge in [0.25, 0.3) is 0 Å². The van der Waals surface area contributed by atoms with Crippen LogP contribution in [-0.4, -0.2) is 22.5 Å². The summed E-state index contributed by atoms with van der Waals surface area (Å²) in [6.07, 6.45) is 15.5. The van der Waals surface area contributed by atoms with Crippen molar-refractivity contribution in [2.24, 2.45) is 0 Å². The molecule has 0 aliphatic heterocycles. The normalized spacial score (nSPS) is 11.8. The number of allylic oxidation sites excluding steroid dienone is 2. The third-order valence-electron chi connectivity index (χ3n) is 3.17. The second kappa shape index (κ2) is 15.9. The average molecular weight is 287 g/mol. The molecule has 0 radical (unpaired) electrons. The third kappa shape index (κ3) is 14.1.